The summed E-state index contributed by atoms with van der Waals surface area (Å²) in [5.74, 6) is 0.751. The topological polar surface area (TPSA) is 16.1 Å². The first-order chi connectivity index (χ1) is 7.25. The van der Waals surface area contributed by atoms with Gasteiger partial charge in [-0.2, -0.15) is 0 Å². The van der Waals surface area contributed by atoms with Gasteiger partial charge in [0.05, 0.1) is 0 Å². The van der Waals surface area contributed by atoms with Crippen LogP contribution in [0.3, 0.4) is 0 Å². The summed E-state index contributed by atoms with van der Waals surface area (Å²) < 4.78 is 0. The highest BCUT2D eigenvalue weighted by atomic mass is 79.9. The van der Waals surface area contributed by atoms with E-state index in [9.17, 15) is 0 Å². The Morgan fingerprint density at radius 3 is 2.87 bits per heavy atom. The molecular weight excluding hydrogens is 252 g/mol. The van der Waals surface area contributed by atoms with Crippen LogP contribution in [0.2, 0.25) is 0 Å². The van der Waals surface area contributed by atoms with E-state index in [1.54, 1.807) is 0 Å². The van der Waals surface area contributed by atoms with Crippen LogP contribution in [-0.2, 0) is 6.54 Å². The van der Waals surface area contributed by atoms with Crippen molar-refractivity contribution in [2.24, 2.45) is 5.92 Å². The molecule has 1 fully saturated rings. The monoisotopic (exact) mass is 268 g/mol. The summed E-state index contributed by atoms with van der Waals surface area (Å²) in [4.78, 5) is 7.27. The number of hydrogen-bond acceptors (Lipinski definition) is 2. The van der Waals surface area contributed by atoms with Gasteiger partial charge in [0.2, 0.25) is 0 Å². The molecule has 2 heterocycles. The average Bonchev–Trinajstić information content (AvgIpc) is 2.25. The van der Waals surface area contributed by atoms with E-state index in [1.807, 2.05) is 12.4 Å². The molecule has 0 aromatic carbocycles. The number of nitrogens with zero attached hydrogens (tertiary/aromatic N) is 2. The molecule has 1 aromatic heterocycles. The van der Waals surface area contributed by atoms with Crippen molar-refractivity contribution < 1.29 is 0 Å². The third-order valence-corrected chi connectivity index (χ3v) is 4.40. The largest absolute Gasteiger partial charge is 0.299 e. The fourth-order valence-electron chi connectivity index (χ4n) is 2.09. The molecule has 2 atom stereocenters. The fraction of sp³-hybridized carbons (Fsp3) is 0.583. The molecule has 1 aliphatic rings. The maximum Gasteiger partial charge on any atom is 0.0271 e. The molecule has 1 aliphatic heterocycles. The van der Waals surface area contributed by atoms with E-state index in [0.29, 0.717) is 4.83 Å². The van der Waals surface area contributed by atoms with Crippen LogP contribution in [0.1, 0.15) is 18.9 Å². The highest BCUT2D eigenvalue weighted by Crippen LogP contribution is 2.24. The number of aromatic nitrogens is 1. The Morgan fingerprint density at radius 2 is 2.20 bits per heavy atom. The molecule has 2 nitrogen and oxygen atoms in total. The van der Waals surface area contributed by atoms with Crippen LogP contribution in [0, 0.1) is 5.92 Å². The van der Waals surface area contributed by atoms with E-state index < -0.39 is 0 Å². The lowest BCUT2D eigenvalue weighted by Gasteiger charge is -2.34. The zero-order chi connectivity index (χ0) is 10.7. The second-order valence-corrected chi connectivity index (χ2v) is 5.55. The number of likely N-dealkylation sites (tertiary alicyclic amines) is 1. The first kappa shape index (κ1) is 11.1. The summed E-state index contributed by atoms with van der Waals surface area (Å²) in [5.41, 5.74) is 1.37. The molecular formula is C12H17BrN2. The summed E-state index contributed by atoms with van der Waals surface area (Å²) in [7, 11) is 0. The van der Waals surface area contributed by atoms with E-state index in [4.69, 9.17) is 0 Å². The molecule has 1 aromatic rings. The van der Waals surface area contributed by atoms with Crippen molar-refractivity contribution in [3.63, 3.8) is 0 Å². The quantitative estimate of drug-likeness (QED) is 0.767. The lowest BCUT2D eigenvalue weighted by atomic mass is 10.00. The fourth-order valence-corrected chi connectivity index (χ4v) is 2.47. The van der Waals surface area contributed by atoms with Gasteiger partial charge in [-0.25, -0.2) is 0 Å². The lowest BCUT2D eigenvalue weighted by Crippen LogP contribution is -2.39. The number of alkyl halides is 1. The van der Waals surface area contributed by atoms with Gasteiger partial charge in [0.1, 0.15) is 0 Å². The molecule has 2 rings (SSSR count). The van der Waals surface area contributed by atoms with Gasteiger partial charge >= 0.3 is 0 Å². The van der Waals surface area contributed by atoms with E-state index in [-0.39, 0.29) is 0 Å². The lowest BCUT2D eigenvalue weighted by molar-refractivity contribution is 0.183. The Hall–Kier alpha value is -0.410. The molecule has 0 bridgehead atoms. The summed E-state index contributed by atoms with van der Waals surface area (Å²) in [6, 6.07) is 4.20. The van der Waals surface area contributed by atoms with Crippen LogP contribution >= 0.6 is 15.9 Å². The SMILES string of the molecule is CC1CN(Cc2ccncc2)CCC1Br. The molecule has 0 amide bonds. The van der Waals surface area contributed by atoms with Gasteiger partial charge in [-0.3, -0.25) is 9.88 Å². The first-order valence-electron chi connectivity index (χ1n) is 5.51. The van der Waals surface area contributed by atoms with E-state index in [2.05, 4.69) is 44.9 Å². The van der Waals surface area contributed by atoms with Crippen molar-refractivity contribution in [3.05, 3.63) is 30.1 Å². The smallest absolute Gasteiger partial charge is 0.0271 e. The number of halogens is 1. The van der Waals surface area contributed by atoms with Gasteiger partial charge in [-0.05, 0) is 36.6 Å². The van der Waals surface area contributed by atoms with E-state index in [0.717, 1.165) is 12.5 Å². The van der Waals surface area contributed by atoms with E-state index in [1.165, 1.54) is 25.1 Å². The minimum Gasteiger partial charge on any atom is -0.299 e. The molecule has 82 valence electrons. The van der Waals surface area contributed by atoms with Crippen molar-refractivity contribution in [1.29, 1.82) is 0 Å². The maximum atomic E-state index is 4.04. The molecule has 15 heavy (non-hydrogen) atoms. The average molecular weight is 269 g/mol. The third-order valence-electron chi connectivity index (χ3n) is 3.04. The summed E-state index contributed by atoms with van der Waals surface area (Å²) in [6.45, 7) is 5.77. The second-order valence-electron chi connectivity index (χ2n) is 4.37. The van der Waals surface area contributed by atoms with Gasteiger partial charge in [-0.15, -0.1) is 0 Å². The predicted molar refractivity (Wildman–Crippen MR) is 66.0 cm³/mol. The Balaban J connectivity index is 1.91. The van der Waals surface area contributed by atoms with Crippen LogP contribution in [-0.4, -0.2) is 27.8 Å². The van der Waals surface area contributed by atoms with Gasteiger partial charge < -0.3 is 0 Å². The predicted octanol–water partition coefficient (Wildman–Crippen LogP) is 2.69. The van der Waals surface area contributed by atoms with Gasteiger partial charge in [0, 0.05) is 30.3 Å². The summed E-state index contributed by atoms with van der Waals surface area (Å²) in [5, 5.41) is 0. The highest BCUT2D eigenvalue weighted by molar-refractivity contribution is 9.09. The van der Waals surface area contributed by atoms with Crippen molar-refractivity contribution >= 4 is 15.9 Å². The van der Waals surface area contributed by atoms with Crippen LogP contribution in [0.25, 0.3) is 0 Å². The molecule has 0 radical (unpaired) electrons. The molecule has 3 heteroatoms. The highest BCUT2D eigenvalue weighted by Gasteiger charge is 2.23. The molecule has 2 unspecified atom stereocenters. The van der Waals surface area contributed by atoms with Crippen LogP contribution in [0.4, 0.5) is 0 Å². The Morgan fingerprint density at radius 1 is 1.47 bits per heavy atom. The second kappa shape index (κ2) is 5.08. The minimum atomic E-state index is 0.700. The molecule has 1 saturated heterocycles. The van der Waals surface area contributed by atoms with E-state index >= 15 is 0 Å². The van der Waals surface area contributed by atoms with Crippen molar-refractivity contribution in [3.8, 4) is 0 Å². The normalized spacial score (nSPS) is 27.9. The molecule has 0 saturated carbocycles. The van der Waals surface area contributed by atoms with Gasteiger partial charge in [0.25, 0.3) is 0 Å². The van der Waals surface area contributed by atoms with Gasteiger partial charge in [0.15, 0.2) is 0 Å². The Bertz CT molecular complexity index is 302. The molecule has 0 aliphatic carbocycles. The maximum absolute atomic E-state index is 4.04. The van der Waals surface area contributed by atoms with Crippen molar-refractivity contribution in [2.45, 2.75) is 24.7 Å². The Kier molecular flexibility index (Phi) is 3.76. The number of hydrogen-bond donors (Lipinski definition) is 0. The van der Waals surface area contributed by atoms with Crippen LogP contribution < -0.4 is 0 Å². The minimum absolute atomic E-state index is 0.700. The number of pyridine rings is 1. The van der Waals surface area contributed by atoms with Crippen LogP contribution in [0.15, 0.2) is 24.5 Å². The summed E-state index contributed by atoms with van der Waals surface area (Å²) in [6.07, 6.45) is 5.00. The first-order valence-corrected chi connectivity index (χ1v) is 6.42. The number of rotatable bonds is 2. The molecule has 0 N–H and O–H groups in total. The van der Waals surface area contributed by atoms with Gasteiger partial charge in [-0.1, -0.05) is 22.9 Å². The zero-order valence-electron chi connectivity index (χ0n) is 9.06. The Labute approximate surface area is 99.8 Å². The number of piperidine rings is 1. The summed E-state index contributed by atoms with van der Waals surface area (Å²) >= 11 is 3.73. The zero-order valence-corrected chi connectivity index (χ0v) is 10.7. The van der Waals surface area contributed by atoms with Crippen molar-refractivity contribution in [2.75, 3.05) is 13.1 Å². The third kappa shape index (κ3) is 3.02. The van der Waals surface area contributed by atoms with Crippen molar-refractivity contribution in [1.82, 2.24) is 9.88 Å². The van der Waals surface area contributed by atoms with Crippen LogP contribution in [0.5, 0.6) is 0 Å². The standard InChI is InChI=1S/C12H17BrN2/c1-10-8-15(7-4-12(10)13)9-11-2-5-14-6-3-11/h2-3,5-6,10,12H,4,7-9H2,1H3. The molecule has 0 spiro atoms.